The monoisotopic (exact) mass is 263 g/mol. The normalized spacial score (nSPS) is 18.2. The van der Waals surface area contributed by atoms with Crippen LogP contribution in [0.1, 0.15) is 44.6 Å². The molecule has 0 heterocycles. The number of phenolic OH excluding ortho intramolecular Hbond substituents is 1. The Kier molecular flexibility index (Phi) is 4.70. The molecule has 0 atom stereocenters. The van der Waals surface area contributed by atoms with Gasteiger partial charge in [0.1, 0.15) is 0 Å². The van der Waals surface area contributed by atoms with Crippen molar-refractivity contribution >= 4 is 0 Å². The summed E-state index contributed by atoms with van der Waals surface area (Å²) >= 11 is 0. The highest BCUT2D eigenvalue weighted by atomic mass is 16.5. The second-order valence-electron chi connectivity index (χ2n) is 5.94. The van der Waals surface area contributed by atoms with Crippen molar-refractivity contribution in [2.24, 2.45) is 5.41 Å². The number of rotatable bonds is 5. The van der Waals surface area contributed by atoms with Crippen molar-refractivity contribution in [2.45, 2.75) is 45.6 Å². The molecule has 0 spiro atoms. The van der Waals surface area contributed by atoms with Gasteiger partial charge in [0.15, 0.2) is 11.5 Å². The van der Waals surface area contributed by atoms with Gasteiger partial charge in [-0.25, -0.2) is 0 Å². The van der Waals surface area contributed by atoms with E-state index in [-0.39, 0.29) is 5.75 Å². The van der Waals surface area contributed by atoms with Crippen LogP contribution in [0.25, 0.3) is 0 Å². The molecule has 1 aromatic carbocycles. The highest BCUT2D eigenvalue weighted by Crippen LogP contribution is 2.35. The van der Waals surface area contributed by atoms with Gasteiger partial charge >= 0.3 is 0 Å². The molecule has 3 nitrogen and oxygen atoms in total. The number of hydrogen-bond donors (Lipinski definition) is 2. The summed E-state index contributed by atoms with van der Waals surface area (Å²) in [6, 6.07) is 5.63. The lowest BCUT2D eigenvalue weighted by molar-refractivity contribution is 0.207. The number of phenols is 1. The Balaban J connectivity index is 1.88. The summed E-state index contributed by atoms with van der Waals surface area (Å²) < 4.78 is 5.12. The molecular formula is C16H25NO2. The molecule has 2 N–H and O–H groups in total. The van der Waals surface area contributed by atoms with Crippen LogP contribution in [-0.4, -0.2) is 18.8 Å². The average Bonchev–Trinajstić information content (AvgIpc) is 2.41. The number of benzene rings is 1. The Hall–Kier alpha value is -1.22. The van der Waals surface area contributed by atoms with Gasteiger partial charge < -0.3 is 15.2 Å². The van der Waals surface area contributed by atoms with Crippen LogP contribution in [-0.2, 0) is 6.54 Å². The van der Waals surface area contributed by atoms with E-state index in [9.17, 15) is 5.11 Å². The van der Waals surface area contributed by atoms with Gasteiger partial charge in [0, 0.05) is 18.7 Å². The third-order valence-electron chi connectivity index (χ3n) is 4.23. The molecule has 106 valence electrons. The fraction of sp³-hybridized carbons (Fsp3) is 0.625. The third-order valence-corrected chi connectivity index (χ3v) is 4.23. The van der Waals surface area contributed by atoms with Crippen LogP contribution < -0.4 is 10.1 Å². The van der Waals surface area contributed by atoms with Crippen LogP contribution in [0, 0.1) is 5.41 Å². The molecule has 0 radical (unpaired) electrons. The molecule has 3 heteroatoms. The fourth-order valence-electron chi connectivity index (χ4n) is 2.96. The summed E-state index contributed by atoms with van der Waals surface area (Å²) in [6.45, 7) is 4.08. The minimum atomic E-state index is 0.256. The maximum absolute atomic E-state index is 10.0. The molecule has 0 amide bonds. The van der Waals surface area contributed by atoms with E-state index in [1.807, 2.05) is 12.1 Å². The maximum atomic E-state index is 10.0. The van der Waals surface area contributed by atoms with Crippen LogP contribution in [0.15, 0.2) is 18.2 Å². The number of nitrogens with one attached hydrogen (secondary N) is 1. The van der Waals surface area contributed by atoms with Crippen molar-refractivity contribution < 1.29 is 9.84 Å². The lowest BCUT2D eigenvalue weighted by Crippen LogP contribution is -2.33. The molecule has 0 aliphatic heterocycles. The fourth-order valence-corrected chi connectivity index (χ4v) is 2.96. The van der Waals surface area contributed by atoms with Gasteiger partial charge in [-0.1, -0.05) is 38.3 Å². The van der Waals surface area contributed by atoms with Crippen molar-refractivity contribution in [3.63, 3.8) is 0 Å². The molecule has 0 aromatic heterocycles. The van der Waals surface area contributed by atoms with E-state index in [4.69, 9.17) is 4.74 Å². The molecule has 2 rings (SSSR count). The van der Waals surface area contributed by atoms with Gasteiger partial charge in [-0.2, -0.15) is 0 Å². The summed E-state index contributed by atoms with van der Waals surface area (Å²) in [5.41, 5.74) is 1.32. The van der Waals surface area contributed by atoms with Gasteiger partial charge in [-0.15, -0.1) is 0 Å². The van der Waals surface area contributed by atoms with Gasteiger partial charge in [-0.3, -0.25) is 0 Å². The molecular weight excluding hydrogens is 238 g/mol. The van der Waals surface area contributed by atoms with Crippen LogP contribution in [0.2, 0.25) is 0 Å². The van der Waals surface area contributed by atoms with Gasteiger partial charge in [0.25, 0.3) is 0 Å². The second-order valence-corrected chi connectivity index (χ2v) is 5.94. The largest absolute Gasteiger partial charge is 0.504 e. The van der Waals surface area contributed by atoms with Gasteiger partial charge in [0.05, 0.1) is 7.11 Å². The molecule has 0 saturated heterocycles. The zero-order valence-electron chi connectivity index (χ0n) is 12.0. The number of hydrogen-bond acceptors (Lipinski definition) is 3. The van der Waals surface area contributed by atoms with Crippen LogP contribution in [0.4, 0.5) is 0 Å². The SMILES string of the molecule is COc1cccc(CNCC2(C)CCCCC2)c1O. The third kappa shape index (κ3) is 3.63. The second kappa shape index (κ2) is 6.29. The van der Waals surface area contributed by atoms with E-state index in [0.717, 1.165) is 12.1 Å². The first-order chi connectivity index (χ1) is 9.14. The Bertz CT molecular complexity index is 411. The van der Waals surface area contributed by atoms with Crippen molar-refractivity contribution in [1.82, 2.24) is 5.32 Å². The number of methoxy groups -OCH3 is 1. The first kappa shape index (κ1) is 14.2. The lowest BCUT2D eigenvalue weighted by atomic mass is 9.76. The zero-order chi connectivity index (χ0) is 13.7. The molecule has 1 saturated carbocycles. The first-order valence-electron chi connectivity index (χ1n) is 7.20. The lowest BCUT2D eigenvalue weighted by Gasteiger charge is -2.33. The van der Waals surface area contributed by atoms with Crippen LogP contribution >= 0.6 is 0 Å². The summed E-state index contributed by atoms with van der Waals surface area (Å²) in [4.78, 5) is 0. The van der Waals surface area contributed by atoms with Crippen molar-refractivity contribution in [2.75, 3.05) is 13.7 Å². The molecule has 1 aliphatic rings. The summed E-state index contributed by atoms with van der Waals surface area (Å²) in [5, 5.41) is 13.5. The standard InChI is InChI=1S/C16H25NO2/c1-16(9-4-3-5-10-16)12-17-11-13-7-6-8-14(19-2)15(13)18/h6-8,17-18H,3-5,9-12H2,1-2H3. The topological polar surface area (TPSA) is 41.5 Å². The van der Waals surface area contributed by atoms with E-state index >= 15 is 0 Å². The van der Waals surface area contributed by atoms with Gasteiger partial charge in [-0.05, 0) is 24.3 Å². The average molecular weight is 263 g/mol. The highest BCUT2D eigenvalue weighted by molar-refractivity contribution is 5.45. The van der Waals surface area contributed by atoms with Gasteiger partial charge in [0.2, 0.25) is 0 Å². The Morgan fingerprint density at radius 1 is 1.26 bits per heavy atom. The van der Waals surface area contributed by atoms with Crippen molar-refractivity contribution in [1.29, 1.82) is 0 Å². The van der Waals surface area contributed by atoms with Crippen molar-refractivity contribution in [3.8, 4) is 11.5 Å². The van der Waals surface area contributed by atoms with Crippen molar-refractivity contribution in [3.05, 3.63) is 23.8 Å². The Labute approximate surface area is 116 Å². The molecule has 1 aliphatic carbocycles. The Morgan fingerprint density at radius 2 is 2.00 bits per heavy atom. The Morgan fingerprint density at radius 3 is 2.68 bits per heavy atom. The molecule has 1 aromatic rings. The number of ether oxygens (including phenoxy) is 1. The number of para-hydroxylation sites is 1. The van der Waals surface area contributed by atoms with E-state index in [2.05, 4.69) is 12.2 Å². The van der Waals surface area contributed by atoms with E-state index in [0.29, 0.717) is 17.7 Å². The van der Waals surface area contributed by atoms with E-state index in [1.165, 1.54) is 32.1 Å². The summed E-state index contributed by atoms with van der Waals surface area (Å²) in [6.07, 6.45) is 6.70. The van der Waals surface area contributed by atoms with E-state index in [1.54, 1.807) is 13.2 Å². The quantitative estimate of drug-likeness (QED) is 0.855. The molecule has 0 bridgehead atoms. The van der Waals surface area contributed by atoms with E-state index < -0.39 is 0 Å². The highest BCUT2D eigenvalue weighted by Gasteiger charge is 2.26. The number of aromatic hydroxyl groups is 1. The zero-order valence-corrected chi connectivity index (χ0v) is 12.0. The first-order valence-corrected chi connectivity index (χ1v) is 7.20. The minimum absolute atomic E-state index is 0.256. The predicted octanol–water partition coefficient (Wildman–Crippen LogP) is 3.46. The summed E-state index contributed by atoms with van der Waals surface area (Å²) in [7, 11) is 1.58. The smallest absolute Gasteiger partial charge is 0.162 e. The predicted molar refractivity (Wildman–Crippen MR) is 77.6 cm³/mol. The minimum Gasteiger partial charge on any atom is -0.504 e. The molecule has 19 heavy (non-hydrogen) atoms. The molecule has 0 unspecified atom stereocenters. The van der Waals surface area contributed by atoms with Crippen LogP contribution in [0.5, 0.6) is 11.5 Å². The molecule has 1 fully saturated rings. The maximum Gasteiger partial charge on any atom is 0.162 e. The summed E-state index contributed by atoms with van der Waals surface area (Å²) in [5.74, 6) is 0.800. The van der Waals surface area contributed by atoms with Crippen LogP contribution in [0.3, 0.4) is 0 Å².